The van der Waals surface area contributed by atoms with Crippen molar-refractivity contribution >= 4 is 5.91 Å². The number of aromatic nitrogens is 4. The topological polar surface area (TPSA) is 64.7 Å². The van der Waals surface area contributed by atoms with Crippen LogP contribution in [-0.4, -0.2) is 25.5 Å². The van der Waals surface area contributed by atoms with Gasteiger partial charge in [-0.2, -0.15) is 10.2 Å². The number of amides is 1. The number of carbonyl (C=O) groups excluding carboxylic acids is 1. The highest BCUT2D eigenvalue weighted by Crippen LogP contribution is 2.26. The van der Waals surface area contributed by atoms with Gasteiger partial charge < -0.3 is 5.32 Å². The van der Waals surface area contributed by atoms with E-state index in [1.807, 2.05) is 132 Å². The maximum Gasteiger partial charge on any atom is 0.255 e. The van der Waals surface area contributed by atoms with E-state index in [2.05, 4.69) is 5.32 Å². The zero-order valence-electron chi connectivity index (χ0n) is 20.6. The summed E-state index contributed by atoms with van der Waals surface area (Å²) >= 11 is 0. The molecule has 1 amide bonds. The van der Waals surface area contributed by atoms with Crippen LogP contribution in [0.15, 0.2) is 134 Å². The minimum Gasteiger partial charge on any atom is -0.348 e. The molecule has 1 N–H and O–H groups in total. The van der Waals surface area contributed by atoms with Gasteiger partial charge in [-0.05, 0) is 24.3 Å². The maximum atomic E-state index is 13.6. The summed E-state index contributed by atoms with van der Waals surface area (Å²) in [6.07, 6.45) is 3.77. The quantitative estimate of drug-likeness (QED) is 0.282. The van der Waals surface area contributed by atoms with Crippen LogP contribution >= 0.6 is 0 Å². The van der Waals surface area contributed by atoms with Crippen LogP contribution in [0.1, 0.15) is 15.9 Å². The molecule has 0 bridgehead atoms. The Labute approximate surface area is 220 Å². The molecular formula is C32H25N5O. The molecule has 6 aromatic rings. The average Bonchev–Trinajstić information content (AvgIpc) is 3.63. The van der Waals surface area contributed by atoms with Crippen LogP contribution in [-0.2, 0) is 6.54 Å². The Hall–Kier alpha value is -5.23. The lowest BCUT2D eigenvalue weighted by atomic mass is 10.1. The molecule has 2 aromatic heterocycles. The van der Waals surface area contributed by atoms with Gasteiger partial charge in [0.15, 0.2) is 0 Å². The van der Waals surface area contributed by atoms with Gasteiger partial charge in [0.05, 0.1) is 22.6 Å². The number of benzene rings is 4. The molecule has 2 heterocycles. The highest BCUT2D eigenvalue weighted by atomic mass is 16.1. The predicted octanol–water partition coefficient (Wildman–Crippen LogP) is 6.32. The zero-order chi connectivity index (χ0) is 25.7. The van der Waals surface area contributed by atoms with Crippen molar-refractivity contribution in [3.8, 4) is 33.9 Å². The number of nitrogens with zero attached hydrogens (tertiary/aromatic N) is 4. The van der Waals surface area contributed by atoms with Gasteiger partial charge in [-0.1, -0.05) is 97.1 Å². The van der Waals surface area contributed by atoms with Crippen LogP contribution in [0, 0.1) is 0 Å². The Balaban J connectivity index is 1.33. The number of hydrogen-bond acceptors (Lipinski definition) is 3. The first-order valence-corrected chi connectivity index (χ1v) is 12.4. The van der Waals surface area contributed by atoms with Crippen molar-refractivity contribution in [1.29, 1.82) is 0 Å². The Morgan fingerprint density at radius 1 is 0.579 bits per heavy atom. The fourth-order valence-corrected chi connectivity index (χ4v) is 4.42. The summed E-state index contributed by atoms with van der Waals surface area (Å²) in [6, 6.07) is 39.5. The van der Waals surface area contributed by atoms with E-state index in [9.17, 15) is 4.79 Å². The monoisotopic (exact) mass is 495 g/mol. The van der Waals surface area contributed by atoms with E-state index in [4.69, 9.17) is 10.2 Å². The van der Waals surface area contributed by atoms with E-state index in [0.717, 1.165) is 33.8 Å². The molecule has 4 aromatic carbocycles. The van der Waals surface area contributed by atoms with Crippen molar-refractivity contribution < 1.29 is 4.79 Å². The molecule has 0 spiro atoms. The molecule has 0 saturated carbocycles. The molecule has 0 aliphatic heterocycles. The number of carbonyl (C=O) groups is 1. The molecule has 0 fully saturated rings. The molecule has 6 heteroatoms. The van der Waals surface area contributed by atoms with Gasteiger partial charge in [-0.3, -0.25) is 4.79 Å². The van der Waals surface area contributed by atoms with Gasteiger partial charge in [0, 0.05) is 35.6 Å². The highest BCUT2D eigenvalue weighted by Gasteiger charge is 2.20. The summed E-state index contributed by atoms with van der Waals surface area (Å²) in [5.74, 6) is -0.197. The first kappa shape index (κ1) is 23.2. The highest BCUT2D eigenvalue weighted by molar-refractivity contribution is 6.00. The summed E-state index contributed by atoms with van der Waals surface area (Å²) in [7, 11) is 0. The summed E-state index contributed by atoms with van der Waals surface area (Å²) in [6.45, 7) is 0.320. The van der Waals surface area contributed by atoms with Gasteiger partial charge in [0.1, 0.15) is 5.69 Å². The smallest absolute Gasteiger partial charge is 0.255 e. The van der Waals surface area contributed by atoms with Crippen LogP contribution in [0.4, 0.5) is 0 Å². The molecule has 38 heavy (non-hydrogen) atoms. The molecule has 0 unspecified atom stereocenters. The summed E-state index contributed by atoms with van der Waals surface area (Å²) in [4.78, 5) is 13.6. The number of rotatable bonds is 7. The largest absolute Gasteiger partial charge is 0.348 e. The van der Waals surface area contributed by atoms with Crippen molar-refractivity contribution in [1.82, 2.24) is 24.9 Å². The van der Waals surface area contributed by atoms with Gasteiger partial charge in [-0.25, -0.2) is 9.36 Å². The normalized spacial score (nSPS) is 10.8. The minimum absolute atomic E-state index is 0.197. The van der Waals surface area contributed by atoms with Gasteiger partial charge in [0.2, 0.25) is 0 Å². The molecule has 0 aliphatic carbocycles. The van der Waals surface area contributed by atoms with Crippen LogP contribution in [0.5, 0.6) is 0 Å². The second kappa shape index (κ2) is 10.4. The van der Waals surface area contributed by atoms with Crippen LogP contribution < -0.4 is 5.32 Å². The zero-order valence-corrected chi connectivity index (χ0v) is 20.6. The first-order valence-electron chi connectivity index (χ1n) is 12.4. The fraction of sp³-hybridized carbons (Fsp3) is 0.0312. The number of para-hydroxylation sites is 2. The Bertz CT molecular complexity index is 1660. The number of hydrogen-bond donors (Lipinski definition) is 1. The van der Waals surface area contributed by atoms with Crippen molar-refractivity contribution in [3.63, 3.8) is 0 Å². The van der Waals surface area contributed by atoms with Gasteiger partial charge in [-0.15, -0.1) is 0 Å². The van der Waals surface area contributed by atoms with E-state index in [0.29, 0.717) is 17.8 Å². The average molecular weight is 496 g/mol. The molecule has 6 rings (SSSR count). The van der Waals surface area contributed by atoms with E-state index in [1.165, 1.54) is 0 Å². The Morgan fingerprint density at radius 2 is 1.03 bits per heavy atom. The first-order chi connectivity index (χ1) is 18.8. The molecule has 0 aliphatic rings. The third-order valence-electron chi connectivity index (χ3n) is 6.32. The fourth-order valence-electron chi connectivity index (χ4n) is 4.42. The lowest BCUT2D eigenvalue weighted by Gasteiger charge is -2.06. The number of nitrogens with one attached hydrogen (secondary N) is 1. The lowest BCUT2D eigenvalue weighted by Crippen LogP contribution is -2.23. The van der Waals surface area contributed by atoms with Crippen LogP contribution in [0.3, 0.4) is 0 Å². The third-order valence-corrected chi connectivity index (χ3v) is 6.32. The standard InChI is InChI=1S/C32H25N5O/c38-32(29-23-37(28-19-11-4-12-20-28)35-31(29)25-15-7-2-8-16-25)33-21-26-22-36(27-17-9-3-10-18-27)34-30(26)24-13-5-1-6-14-24/h1-20,22-23H,21H2,(H,33,38). The molecule has 184 valence electrons. The molecule has 6 nitrogen and oxygen atoms in total. The summed E-state index contributed by atoms with van der Waals surface area (Å²) in [5, 5.41) is 12.8. The second-order valence-electron chi connectivity index (χ2n) is 8.87. The van der Waals surface area contributed by atoms with E-state index in [-0.39, 0.29) is 5.91 Å². The maximum absolute atomic E-state index is 13.6. The molecule has 0 saturated heterocycles. The minimum atomic E-state index is -0.197. The van der Waals surface area contributed by atoms with Crippen molar-refractivity contribution in [2.45, 2.75) is 6.54 Å². The summed E-state index contributed by atoms with van der Waals surface area (Å²) < 4.78 is 3.60. The van der Waals surface area contributed by atoms with Gasteiger partial charge >= 0.3 is 0 Å². The Morgan fingerprint density at radius 3 is 1.58 bits per heavy atom. The van der Waals surface area contributed by atoms with Crippen molar-refractivity contribution in [2.24, 2.45) is 0 Å². The third kappa shape index (κ3) is 4.75. The SMILES string of the molecule is O=C(NCc1cn(-c2ccccc2)nc1-c1ccccc1)c1cn(-c2ccccc2)nc1-c1ccccc1. The van der Waals surface area contributed by atoms with E-state index < -0.39 is 0 Å². The van der Waals surface area contributed by atoms with E-state index in [1.54, 1.807) is 10.9 Å². The predicted molar refractivity (Wildman–Crippen MR) is 149 cm³/mol. The Kier molecular flexibility index (Phi) is 6.35. The molecular weight excluding hydrogens is 470 g/mol. The van der Waals surface area contributed by atoms with Crippen molar-refractivity contribution in [2.75, 3.05) is 0 Å². The lowest BCUT2D eigenvalue weighted by molar-refractivity contribution is 0.0951. The summed E-state index contributed by atoms with van der Waals surface area (Å²) in [5.41, 5.74) is 6.62. The second-order valence-corrected chi connectivity index (χ2v) is 8.87. The molecule has 0 atom stereocenters. The molecule has 0 radical (unpaired) electrons. The van der Waals surface area contributed by atoms with Crippen LogP contribution in [0.2, 0.25) is 0 Å². The van der Waals surface area contributed by atoms with Crippen molar-refractivity contribution in [3.05, 3.63) is 145 Å². The van der Waals surface area contributed by atoms with Gasteiger partial charge in [0.25, 0.3) is 5.91 Å². The van der Waals surface area contributed by atoms with Crippen LogP contribution in [0.25, 0.3) is 33.9 Å². The van der Waals surface area contributed by atoms with E-state index >= 15 is 0 Å².